The number of fused-ring (bicyclic) bond motifs is 2. The van der Waals surface area contributed by atoms with Crippen LogP contribution < -0.4 is 15.6 Å². The second kappa shape index (κ2) is 10.9. The van der Waals surface area contributed by atoms with Crippen molar-refractivity contribution in [1.29, 1.82) is 0 Å². The molecule has 1 amide bonds. The Morgan fingerprint density at radius 3 is 2.61 bits per heavy atom. The van der Waals surface area contributed by atoms with E-state index in [1.807, 2.05) is 30.3 Å². The molecule has 0 unspecified atom stereocenters. The highest BCUT2D eigenvalue weighted by Crippen LogP contribution is 2.36. The molecule has 0 spiro atoms. The number of nitrogens with zero attached hydrogens (tertiary/aromatic N) is 4. The minimum Gasteiger partial charge on any atom is -0.435 e. The van der Waals surface area contributed by atoms with Crippen molar-refractivity contribution in [3.05, 3.63) is 118 Å². The predicted molar refractivity (Wildman–Crippen MR) is 157 cm³/mol. The molecule has 0 saturated heterocycles. The summed E-state index contributed by atoms with van der Waals surface area (Å²) in [6, 6.07) is 16.1. The van der Waals surface area contributed by atoms with Crippen LogP contribution in [0.1, 0.15) is 28.9 Å². The molecule has 1 aliphatic rings. The van der Waals surface area contributed by atoms with Crippen molar-refractivity contribution in [2.24, 2.45) is 0 Å². The van der Waals surface area contributed by atoms with Gasteiger partial charge < -0.3 is 15.0 Å². The number of halogens is 3. The van der Waals surface area contributed by atoms with Gasteiger partial charge in [-0.15, -0.1) is 0 Å². The van der Waals surface area contributed by atoms with Gasteiger partial charge in [0.2, 0.25) is 5.88 Å². The molecule has 4 heterocycles. The lowest BCUT2D eigenvalue weighted by molar-refractivity contribution is 0.102. The van der Waals surface area contributed by atoms with Crippen molar-refractivity contribution in [2.75, 3.05) is 5.32 Å². The van der Waals surface area contributed by atoms with Gasteiger partial charge in [-0.1, -0.05) is 30.3 Å². The first-order chi connectivity index (χ1) is 21.4. The standard InChI is InChI=1S/C32H23F3N6O3/c33-19-9-11-22(34)25(14-19)41-32(43)28(24-8-4-5-13-40(24)41)30(42)39-20-10-12-26(23(35)15-20)44-31-27-21(18-6-2-1-3-7-18)16-36-29(27)37-17-38-31/h1-3,6-7,9-12,14-17H,4-5,8,13H2,(H,39,42)(H,36,37,38). The van der Waals surface area contributed by atoms with Crippen molar-refractivity contribution < 1.29 is 22.7 Å². The molecule has 0 aliphatic carbocycles. The van der Waals surface area contributed by atoms with Crippen molar-refractivity contribution in [1.82, 2.24) is 24.3 Å². The van der Waals surface area contributed by atoms with Crippen LogP contribution in [0.3, 0.4) is 0 Å². The van der Waals surface area contributed by atoms with E-state index in [0.29, 0.717) is 42.5 Å². The number of nitrogens with one attached hydrogen (secondary N) is 2. The Morgan fingerprint density at radius 1 is 0.955 bits per heavy atom. The van der Waals surface area contributed by atoms with E-state index in [1.54, 1.807) is 6.20 Å². The number of amides is 1. The molecule has 3 aromatic heterocycles. The van der Waals surface area contributed by atoms with Crippen LogP contribution in [-0.2, 0) is 13.0 Å². The zero-order valence-corrected chi connectivity index (χ0v) is 23.0. The number of aromatic amines is 1. The highest BCUT2D eigenvalue weighted by atomic mass is 19.1. The molecular weight excluding hydrogens is 573 g/mol. The summed E-state index contributed by atoms with van der Waals surface area (Å²) in [5, 5.41) is 3.14. The van der Waals surface area contributed by atoms with E-state index in [1.165, 1.54) is 23.1 Å². The average Bonchev–Trinajstić information content (AvgIpc) is 3.59. The maximum absolute atomic E-state index is 15.3. The van der Waals surface area contributed by atoms with Crippen molar-refractivity contribution in [3.63, 3.8) is 0 Å². The summed E-state index contributed by atoms with van der Waals surface area (Å²) in [6.45, 7) is 0.345. The Hall–Kier alpha value is -5.65. The van der Waals surface area contributed by atoms with Crippen LogP contribution >= 0.6 is 0 Å². The zero-order valence-electron chi connectivity index (χ0n) is 23.0. The first-order valence-electron chi connectivity index (χ1n) is 13.9. The van der Waals surface area contributed by atoms with Crippen LogP contribution in [0.2, 0.25) is 0 Å². The highest BCUT2D eigenvalue weighted by molar-refractivity contribution is 6.05. The van der Waals surface area contributed by atoms with E-state index in [0.717, 1.165) is 40.1 Å². The molecule has 12 heteroatoms. The molecule has 6 aromatic rings. The fourth-order valence-corrected chi connectivity index (χ4v) is 5.56. The monoisotopic (exact) mass is 596 g/mol. The fraction of sp³-hybridized carbons (Fsp3) is 0.125. The average molecular weight is 597 g/mol. The minimum absolute atomic E-state index is 0.0675. The molecule has 0 atom stereocenters. The molecule has 0 fully saturated rings. The van der Waals surface area contributed by atoms with Crippen molar-refractivity contribution >= 4 is 22.6 Å². The predicted octanol–water partition coefficient (Wildman–Crippen LogP) is 6.38. The summed E-state index contributed by atoms with van der Waals surface area (Å²) in [7, 11) is 0. The number of hydrogen-bond acceptors (Lipinski definition) is 5. The Bertz CT molecular complexity index is 2120. The minimum atomic E-state index is -0.805. The molecule has 3 aromatic carbocycles. The number of aromatic nitrogens is 5. The van der Waals surface area contributed by atoms with Gasteiger partial charge in [0.05, 0.1) is 11.1 Å². The van der Waals surface area contributed by atoms with Crippen molar-refractivity contribution in [3.8, 4) is 28.4 Å². The number of benzene rings is 3. The van der Waals surface area contributed by atoms with Crippen LogP contribution in [0.25, 0.3) is 27.8 Å². The van der Waals surface area contributed by atoms with Gasteiger partial charge in [-0.25, -0.2) is 27.8 Å². The van der Waals surface area contributed by atoms with E-state index in [2.05, 4.69) is 20.3 Å². The van der Waals surface area contributed by atoms with Crippen LogP contribution in [-0.4, -0.2) is 30.2 Å². The van der Waals surface area contributed by atoms with Crippen LogP contribution in [0.15, 0.2) is 84.0 Å². The Kier molecular flexibility index (Phi) is 6.73. The summed E-state index contributed by atoms with van der Waals surface area (Å²) < 4.78 is 52.4. The Labute approximate surface area is 247 Å². The van der Waals surface area contributed by atoms with Gasteiger partial charge in [0, 0.05) is 36.1 Å². The summed E-state index contributed by atoms with van der Waals surface area (Å²) >= 11 is 0. The SMILES string of the molecule is O=C(Nc1ccc(Oc2ncnc3[nH]cc(-c4ccccc4)c23)c(F)c1)c1c2n(n(-c3cc(F)ccc3F)c1=O)CCCC2. The van der Waals surface area contributed by atoms with Crippen molar-refractivity contribution in [2.45, 2.75) is 25.8 Å². The van der Waals surface area contributed by atoms with Gasteiger partial charge in [0.25, 0.3) is 11.5 Å². The lowest BCUT2D eigenvalue weighted by atomic mass is 10.1. The van der Waals surface area contributed by atoms with E-state index in [-0.39, 0.29) is 28.6 Å². The summed E-state index contributed by atoms with van der Waals surface area (Å²) in [5.74, 6) is -3.12. The van der Waals surface area contributed by atoms with Crippen LogP contribution in [0.4, 0.5) is 18.9 Å². The van der Waals surface area contributed by atoms with Gasteiger partial charge in [0.1, 0.15) is 34.9 Å². The van der Waals surface area contributed by atoms with E-state index < -0.39 is 28.9 Å². The number of H-pyrrole nitrogens is 1. The molecule has 0 saturated carbocycles. The molecule has 0 bridgehead atoms. The molecular formula is C32H23F3N6O3. The van der Waals surface area contributed by atoms with E-state index in [4.69, 9.17) is 4.74 Å². The number of carbonyl (C=O) groups is 1. The van der Waals surface area contributed by atoms with Gasteiger partial charge >= 0.3 is 0 Å². The normalized spacial score (nSPS) is 12.7. The second-order valence-electron chi connectivity index (χ2n) is 10.3. The highest BCUT2D eigenvalue weighted by Gasteiger charge is 2.29. The van der Waals surface area contributed by atoms with Crippen LogP contribution in [0, 0.1) is 17.5 Å². The molecule has 7 rings (SSSR count). The lowest BCUT2D eigenvalue weighted by Crippen LogP contribution is -2.26. The second-order valence-corrected chi connectivity index (χ2v) is 10.3. The molecule has 0 radical (unpaired) electrons. The maximum atomic E-state index is 15.3. The first kappa shape index (κ1) is 27.2. The Balaban J connectivity index is 1.19. The number of anilines is 1. The zero-order chi connectivity index (χ0) is 30.4. The maximum Gasteiger partial charge on any atom is 0.284 e. The third kappa shape index (κ3) is 4.70. The largest absolute Gasteiger partial charge is 0.435 e. The third-order valence-electron chi connectivity index (χ3n) is 7.56. The number of ether oxygens (including phenoxy) is 1. The molecule has 9 nitrogen and oxygen atoms in total. The number of hydrogen-bond donors (Lipinski definition) is 2. The summed E-state index contributed by atoms with van der Waals surface area (Å²) in [5.41, 5.74) is 1.36. The van der Waals surface area contributed by atoms with E-state index in [9.17, 15) is 18.4 Å². The number of rotatable bonds is 6. The van der Waals surface area contributed by atoms with Gasteiger partial charge in [-0.2, -0.15) is 0 Å². The van der Waals surface area contributed by atoms with Gasteiger partial charge in [-0.3, -0.25) is 14.3 Å². The fourth-order valence-electron chi connectivity index (χ4n) is 5.56. The number of carbonyl (C=O) groups excluding carboxylic acids is 1. The van der Waals surface area contributed by atoms with Crippen LogP contribution in [0.5, 0.6) is 11.6 Å². The molecule has 44 heavy (non-hydrogen) atoms. The third-order valence-corrected chi connectivity index (χ3v) is 7.56. The van der Waals surface area contributed by atoms with Gasteiger partial charge in [-0.05, 0) is 49.1 Å². The lowest BCUT2D eigenvalue weighted by Gasteiger charge is -2.19. The summed E-state index contributed by atoms with van der Waals surface area (Å²) in [4.78, 5) is 38.4. The molecule has 1 aliphatic heterocycles. The molecule has 220 valence electrons. The molecule has 2 N–H and O–H groups in total. The van der Waals surface area contributed by atoms with Gasteiger partial charge in [0.15, 0.2) is 11.6 Å². The quantitative estimate of drug-likeness (QED) is 0.232. The Morgan fingerprint density at radius 2 is 1.80 bits per heavy atom. The first-order valence-corrected chi connectivity index (χ1v) is 13.9. The smallest absolute Gasteiger partial charge is 0.284 e. The topological polar surface area (TPSA) is 107 Å². The summed E-state index contributed by atoms with van der Waals surface area (Å²) in [6.07, 6.45) is 4.87. The van der Waals surface area contributed by atoms with E-state index >= 15 is 4.39 Å².